The summed E-state index contributed by atoms with van der Waals surface area (Å²) >= 11 is 1.32. The lowest BCUT2D eigenvalue weighted by molar-refractivity contribution is -0.132. The summed E-state index contributed by atoms with van der Waals surface area (Å²) in [7, 11) is 0. The van der Waals surface area contributed by atoms with Gasteiger partial charge in [-0.25, -0.2) is 23.7 Å². The van der Waals surface area contributed by atoms with Crippen molar-refractivity contribution < 1.29 is 18.4 Å². The minimum Gasteiger partial charge on any atom is -0.353 e. The van der Waals surface area contributed by atoms with E-state index >= 15 is 0 Å². The predicted octanol–water partition coefficient (Wildman–Crippen LogP) is 2.66. The highest BCUT2D eigenvalue weighted by Gasteiger charge is 2.44. The molecule has 178 valence electrons. The molecule has 4 rings (SSSR count). The largest absolute Gasteiger partial charge is 0.353 e. The van der Waals surface area contributed by atoms with Crippen molar-refractivity contribution in [3.63, 3.8) is 0 Å². The Hall–Kier alpha value is -3.15. The van der Waals surface area contributed by atoms with Crippen molar-refractivity contribution in [2.75, 3.05) is 25.1 Å². The SMILES string of the molecule is CC1(C)C(C(=O)C=O)NCN1CCNc1ncc(F)c(-c2ncc(Cc3ccc(F)cc3)s2)n1. The van der Waals surface area contributed by atoms with Crippen LogP contribution in [-0.4, -0.2) is 63.3 Å². The molecular formula is C23H24F2N6O2S. The number of Topliss-reactive ketones (excluding diaryl/α,β-unsaturated/α-hetero) is 1. The molecule has 0 aliphatic carbocycles. The van der Waals surface area contributed by atoms with Crippen molar-refractivity contribution >= 4 is 29.4 Å². The molecule has 1 aromatic carbocycles. The van der Waals surface area contributed by atoms with Gasteiger partial charge in [0, 0.05) is 42.8 Å². The summed E-state index contributed by atoms with van der Waals surface area (Å²) in [6, 6.07) is 5.65. The van der Waals surface area contributed by atoms with Gasteiger partial charge in [0.05, 0.1) is 12.2 Å². The van der Waals surface area contributed by atoms with Crippen LogP contribution < -0.4 is 10.6 Å². The van der Waals surface area contributed by atoms with Gasteiger partial charge in [-0.2, -0.15) is 0 Å². The van der Waals surface area contributed by atoms with Gasteiger partial charge in [-0.3, -0.25) is 19.8 Å². The molecule has 0 spiro atoms. The fourth-order valence-corrected chi connectivity index (χ4v) is 4.87. The Labute approximate surface area is 199 Å². The lowest BCUT2D eigenvalue weighted by Crippen LogP contribution is -2.51. The zero-order valence-electron chi connectivity index (χ0n) is 18.7. The molecule has 8 nitrogen and oxygen atoms in total. The van der Waals surface area contributed by atoms with E-state index in [1.165, 1.54) is 23.5 Å². The van der Waals surface area contributed by atoms with Gasteiger partial charge in [0.1, 0.15) is 16.5 Å². The summed E-state index contributed by atoms with van der Waals surface area (Å²) in [5, 5.41) is 6.58. The van der Waals surface area contributed by atoms with E-state index < -0.39 is 23.2 Å². The summed E-state index contributed by atoms with van der Waals surface area (Å²) in [6.45, 7) is 5.27. The smallest absolute Gasteiger partial charge is 0.223 e. The van der Waals surface area contributed by atoms with E-state index in [1.54, 1.807) is 18.3 Å². The number of carbonyl (C=O) groups is 2. The first-order chi connectivity index (χ1) is 16.3. The third-order valence-electron chi connectivity index (χ3n) is 5.87. The van der Waals surface area contributed by atoms with Gasteiger partial charge >= 0.3 is 0 Å². The third-order valence-corrected chi connectivity index (χ3v) is 6.87. The summed E-state index contributed by atoms with van der Waals surface area (Å²) in [6.07, 6.45) is 3.67. The molecule has 1 aliphatic rings. The van der Waals surface area contributed by atoms with Crippen LogP contribution in [0.5, 0.6) is 0 Å². The molecular weight excluding hydrogens is 462 g/mol. The maximum Gasteiger partial charge on any atom is 0.223 e. The lowest BCUT2D eigenvalue weighted by Gasteiger charge is -2.33. The van der Waals surface area contributed by atoms with Gasteiger partial charge in [-0.05, 0) is 31.5 Å². The third kappa shape index (κ3) is 5.16. The van der Waals surface area contributed by atoms with Crippen molar-refractivity contribution in [3.8, 4) is 10.7 Å². The molecule has 11 heteroatoms. The van der Waals surface area contributed by atoms with Crippen molar-refractivity contribution in [2.45, 2.75) is 31.8 Å². The fourth-order valence-electron chi connectivity index (χ4n) is 3.93. The second kappa shape index (κ2) is 10.00. The zero-order valence-corrected chi connectivity index (χ0v) is 19.5. The van der Waals surface area contributed by atoms with Crippen molar-refractivity contribution in [1.29, 1.82) is 0 Å². The number of hydrogen-bond donors (Lipinski definition) is 2. The lowest BCUT2D eigenvalue weighted by atomic mass is 9.92. The molecule has 3 aromatic rings. The molecule has 1 saturated heterocycles. The molecule has 1 atom stereocenters. The molecule has 34 heavy (non-hydrogen) atoms. The van der Waals surface area contributed by atoms with E-state index in [0.29, 0.717) is 37.5 Å². The minimum atomic E-state index is -0.576. The number of rotatable bonds is 9. The molecule has 0 bridgehead atoms. The van der Waals surface area contributed by atoms with E-state index in [9.17, 15) is 18.4 Å². The van der Waals surface area contributed by atoms with Crippen LogP contribution in [0.25, 0.3) is 10.7 Å². The second-order valence-corrected chi connectivity index (χ2v) is 9.60. The molecule has 1 fully saturated rings. The normalized spacial score (nSPS) is 17.6. The number of aromatic nitrogens is 3. The van der Waals surface area contributed by atoms with E-state index in [1.807, 2.05) is 18.7 Å². The monoisotopic (exact) mass is 486 g/mol. The van der Waals surface area contributed by atoms with E-state index in [0.717, 1.165) is 16.6 Å². The van der Waals surface area contributed by atoms with Crippen LogP contribution in [0.4, 0.5) is 14.7 Å². The van der Waals surface area contributed by atoms with Crippen LogP contribution in [0.2, 0.25) is 0 Å². The Balaban J connectivity index is 1.39. The maximum atomic E-state index is 14.5. The maximum absolute atomic E-state index is 14.5. The zero-order chi connectivity index (χ0) is 24.3. The van der Waals surface area contributed by atoms with Crippen molar-refractivity contribution in [3.05, 3.63) is 58.7 Å². The van der Waals surface area contributed by atoms with Gasteiger partial charge in [0.15, 0.2) is 12.1 Å². The van der Waals surface area contributed by atoms with Crippen LogP contribution in [-0.2, 0) is 16.0 Å². The Morgan fingerprint density at radius 2 is 2.03 bits per heavy atom. The van der Waals surface area contributed by atoms with Gasteiger partial charge in [0.2, 0.25) is 11.7 Å². The van der Waals surface area contributed by atoms with E-state index in [-0.39, 0.29) is 17.5 Å². The van der Waals surface area contributed by atoms with Crippen LogP contribution in [0, 0.1) is 11.6 Å². The van der Waals surface area contributed by atoms with Crippen molar-refractivity contribution in [2.24, 2.45) is 0 Å². The van der Waals surface area contributed by atoms with Crippen LogP contribution in [0.1, 0.15) is 24.3 Å². The van der Waals surface area contributed by atoms with Gasteiger partial charge in [-0.1, -0.05) is 12.1 Å². The van der Waals surface area contributed by atoms with Crippen LogP contribution in [0.3, 0.4) is 0 Å². The first-order valence-electron chi connectivity index (χ1n) is 10.7. The quantitative estimate of drug-likeness (QED) is 0.352. The average Bonchev–Trinajstić information content (AvgIpc) is 3.39. The molecule has 0 saturated carbocycles. The number of nitrogens with one attached hydrogen (secondary N) is 2. The number of halogens is 2. The average molecular weight is 487 g/mol. The minimum absolute atomic E-state index is 0.104. The van der Waals surface area contributed by atoms with Crippen molar-refractivity contribution in [1.82, 2.24) is 25.2 Å². The molecule has 0 amide bonds. The van der Waals surface area contributed by atoms with E-state index in [4.69, 9.17) is 0 Å². The Morgan fingerprint density at radius 3 is 2.76 bits per heavy atom. The van der Waals surface area contributed by atoms with Crippen LogP contribution in [0.15, 0.2) is 36.7 Å². The number of nitrogens with zero attached hydrogens (tertiary/aromatic N) is 4. The van der Waals surface area contributed by atoms with Gasteiger partial charge < -0.3 is 5.32 Å². The highest BCUT2D eigenvalue weighted by atomic mass is 32.1. The highest BCUT2D eigenvalue weighted by molar-refractivity contribution is 7.15. The highest BCUT2D eigenvalue weighted by Crippen LogP contribution is 2.28. The molecule has 0 radical (unpaired) electrons. The number of benzene rings is 1. The summed E-state index contributed by atoms with van der Waals surface area (Å²) in [4.78, 5) is 38.3. The summed E-state index contributed by atoms with van der Waals surface area (Å²) in [5.74, 6) is -1.09. The Kier molecular flexibility index (Phi) is 7.05. The van der Waals surface area contributed by atoms with Gasteiger partial charge in [-0.15, -0.1) is 11.3 Å². The van der Waals surface area contributed by atoms with E-state index in [2.05, 4.69) is 25.6 Å². The predicted molar refractivity (Wildman–Crippen MR) is 124 cm³/mol. The molecule has 2 N–H and O–H groups in total. The second-order valence-electron chi connectivity index (χ2n) is 8.48. The summed E-state index contributed by atoms with van der Waals surface area (Å²) in [5.41, 5.74) is 0.502. The van der Waals surface area contributed by atoms with Gasteiger partial charge in [0.25, 0.3) is 0 Å². The topological polar surface area (TPSA) is 100 Å². The number of carbonyl (C=O) groups excluding carboxylic acids is 2. The summed E-state index contributed by atoms with van der Waals surface area (Å²) < 4.78 is 27.6. The Bertz CT molecular complexity index is 1180. The molecule has 3 heterocycles. The first-order valence-corrected chi connectivity index (χ1v) is 11.5. The standard InChI is InChI=1S/C23H24F2N6O2S/c1-23(2)20(18(33)12-32)29-13-31(23)8-7-26-22-28-11-17(25)19(30-22)21-27-10-16(34-21)9-14-3-5-15(24)6-4-14/h3-6,10-12,20,29H,7-9,13H2,1-2H3,(H,26,28,30). The number of hydrogen-bond acceptors (Lipinski definition) is 9. The fraction of sp³-hybridized carbons (Fsp3) is 0.348. The first kappa shape index (κ1) is 24.0. The number of anilines is 1. The number of ketones is 1. The number of thiazole rings is 1. The number of aldehydes is 1. The van der Waals surface area contributed by atoms with Crippen LogP contribution >= 0.6 is 11.3 Å². The molecule has 1 aliphatic heterocycles. The molecule has 2 aromatic heterocycles. The molecule has 1 unspecified atom stereocenters. The Morgan fingerprint density at radius 1 is 1.26 bits per heavy atom.